The van der Waals surface area contributed by atoms with Gasteiger partial charge < -0.3 is 10.1 Å². The molecule has 1 aromatic heterocycles. The van der Waals surface area contributed by atoms with E-state index in [9.17, 15) is 4.39 Å². The van der Waals surface area contributed by atoms with Gasteiger partial charge in [0.1, 0.15) is 0 Å². The van der Waals surface area contributed by atoms with Gasteiger partial charge in [0, 0.05) is 29.9 Å². The number of nitrogens with zero attached hydrogens (tertiary/aromatic N) is 1. The molecule has 1 aromatic carbocycles. The monoisotopic (exact) mass is 260 g/mol. The Bertz CT molecular complexity index is 640. The number of anilines is 1. The first-order valence-corrected chi connectivity index (χ1v) is 6.70. The lowest BCUT2D eigenvalue weighted by Gasteiger charge is -2.13. The van der Waals surface area contributed by atoms with Crippen molar-refractivity contribution >= 4 is 16.6 Å². The summed E-state index contributed by atoms with van der Waals surface area (Å²) in [5, 5.41) is 4.18. The summed E-state index contributed by atoms with van der Waals surface area (Å²) >= 11 is 0. The number of pyridine rings is 1. The molecule has 100 valence electrons. The number of aryl methyl sites for hydroxylation is 1. The molecule has 0 radical (unpaired) electrons. The second kappa shape index (κ2) is 4.68. The molecule has 2 aromatic rings. The van der Waals surface area contributed by atoms with E-state index in [1.807, 2.05) is 14.0 Å². The van der Waals surface area contributed by atoms with E-state index in [1.165, 1.54) is 11.6 Å². The third kappa shape index (κ3) is 1.91. The molecule has 0 saturated heterocycles. The van der Waals surface area contributed by atoms with Gasteiger partial charge >= 0.3 is 0 Å². The first-order chi connectivity index (χ1) is 9.24. The van der Waals surface area contributed by atoms with Gasteiger partial charge in [-0.2, -0.15) is 0 Å². The molecule has 4 heteroatoms. The highest BCUT2D eigenvalue weighted by molar-refractivity contribution is 5.94. The van der Waals surface area contributed by atoms with Gasteiger partial charge in [-0.05, 0) is 37.8 Å². The minimum atomic E-state index is -0.346. The van der Waals surface area contributed by atoms with Gasteiger partial charge in [0.2, 0.25) is 0 Å². The van der Waals surface area contributed by atoms with E-state index in [2.05, 4.69) is 10.3 Å². The molecular formula is C15H17FN2O. The third-order valence-corrected chi connectivity index (χ3v) is 3.62. The average Bonchev–Trinajstić information content (AvgIpc) is 2.85. The van der Waals surface area contributed by atoms with Gasteiger partial charge in [-0.3, -0.25) is 4.98 Å². The van der Waals surface area contributed by atoms with Crippen molar-refractivity contribution < 1.29 is 9.13 Å². The molecule has 3 rings (SSSR count). The Balaban J connectivity index is 2.28. The summed E-state index contributed by atoms with van der Waals surface area (Å²) in [6, 6.07) is 3.23. The fourth-order valence-electron chi connectivity index (χ4n) is 2.82. The normalized spacial score (nSPS) is 13.6. The molecule has 1 heterocycles. The smallest absolute Gasteiger partial charge is 0.167 e. The first-order valence-electron chi connectivity index (χ1n) is 6.70. The van der Waals surface area contributed by atoms with Crippen LogP contribution < -0.4 is 10.1 Å². The van der Waals surface area contributed by atoms with Crippen LogP contribution in [0.15, 0.2) is 12.1 Å². The molecule has 0 fully saturated rings. The summed E-state index contributed by atoms with van der Waals surface area (Å²) in [6.07, 6.45) is 3.14. The average molecular weight is 260 g/mol. The minimum Gasteiger partial charge on any atom is -0.491 e. The number of ether oxygens (including phenoxy) is 1. The van der Waals surface area contributed by atoms with Crippen LogP contribution in [0.5, 0.6) is 5.75 Å². The molecule has 0 aliphatic heterocycles. The minimum absolute atomic E-state index is 0.297. The van der Waals surface area contributed by atoms with E-state index >= 15 is 0 Å². The maximum atomic E-state index is 13.9. The van der Waals surface area contributed by atoms with Crippen molar-refractivity contribution in [1.29, 1.82) is 0 Å². The predicted molar refractivity (Wildman–Crippen MR) is 74.4 cm³/mol. The second-order valence-electron chi connectivity index (χ2n) is 4.75. The van der Waals surface area contributed by atoms with E-state index < -0.39 is 0 Å². The van der Waals surface area contributed by atoms with Crippen molar-refractivity contribution in [1.82, 2.24) is 4.98 Å². The van der Waals surface area contributed by atoms with Gasteiger partial charge in [0.15, 0.2) is 11.6 Å². The molecule has 19 heavy (non-hydrogen) atoms. The van der Waals surface area contributed by atoms with Gasteiger partial charge in [-0.1, -0.05) is 0 Å². The van der Waals surface area contributed by atoms with Crippen LogP contribution in [0.4, 0.5) is 10.1 Å². The summed E-state index contributed by atoms with van der Waals surface area (Å²) in [4.78, 5) is 4.59. The van der Waals surface area contributed by atoms with Crippen LogP contribution in [0.2, 0.25) is 0 Å². The molecule has 0 amide bonds. The lowest BCUT2D eigenvalue weighted by Crippen LogP contribution is -2.01. The molecule has 0 bridgehead atoms. The molecule has 0 saturated carbocycles. The Morgan fingerprint density at radius 2 is 2.21 bits per heavy atom. The zero-order chi connectivity index (χ0) is 13.4. The van der Waals surface area contributed by atoms with Crippen LogP contribution in [-0.2, 0) is 12.8 Å². The largest absolute Gasteiger partial charge is 0.491 e. The Morgan fingerprint density at radius 1 is 1.37 bits per heavy atom. The molecule has 0 atom stereocenters. The number of aromatic nitrogens is 1. The van der Waals surface area contributed by atoms with Gasteiger partial charge in [-0.15, -0.1) is 0 Å². The highest BCUT2D eigenvalue weighted by atomic mass is 19.1. The number of benzene rings is 1. The van der Waals surface area contributed by atoms with E-state index in [0.717, 1.165) is 36.0 Å². The van der Waals surface area contributed by atoms with Crippen LogP contribution in [0.3, 0.4) is 0 Å². The maximum Gasteiger partial charge on any atom is 0.167 e. The van der Waals surface area contributed by atoms with Crippen LogP contribution >= 0.6 is 0 Å². The molecule has 0 unspecified atom stereocenters. The van der Waals surface area contributed by atoms with Gasteiger partial charge in [-0.25, -0.2) is 4.39 Å². The molecule has 0 spiro atoms. The van der Waals surface area contributed by atoms with Crippen molar-refractivity contribution in [3.05, 3.63) is 29.2 Å². The van der Waals surface area contributed by atoms with Crippen LogP contribution in [0.1, 0.15) is 24.6 Å². The Hall–Kier alpha value is -1.84. The zero-order valence-corrected chi connectivity index (χ0v) is 11.2. The lowest BCUT2D eigenvalue weighted by atomic mass is 10.1. The Kier molecular flexibility index (Phi) is 3.01. The van der Waals surface area contributed by atoms with Crippen molar-refractivity contribution in [2.75, 3.05) is 19.0 Å². The van der Waals surface area contributed by atoms with Crippen molar-refractivity contribution in [3.63, 3.8) is 0 Å². The number of fused-ring (bicyclic) bond motifs is 2. The number of hydrogen-bond acceptors (Lipinski definition) is 3. The van der Waals surface area contributed by atoms with Crippen molar-refractivity contribution in [2.45, 2.75) is 26.2 Å². The Labute approximate surface area is 111 Å². The topological polar surface area (TPSA) is 34.1 Å². The van der Waals surface area contributed by atoms with E-state index in [0.29, 0.717) is 17.9 Å². The number of rotatable bonds is 3. The van der Waals surface area contributed by atoms with Gasteiger partial charge in [0.25, 0.3) is 0 Å². The summed E-state index contributed by atoms with van der Waals surface area (Å²) in [7, 11) is 1.90. The van der Waals surface area contributed by atoms with Crippen LogP contribution in [0, 0.1) is 5.82 Å². The summed E-state index contributed by atoms with van der Waals surface area (Å²) < 4.78 is 19.2. The number of hydrogen-bond donors (Lipinski definition) is 1. The van der Waals surface area contributed by atoms with Crippen molar-refractivity contribution in [2.24, 2.45) is 0 Å². The second-order valence-corrected chi connectivity index (χ2v) is 4.75. The third-order valence-electron chi connectivity index (χ3n) is 3.62. The summed E-state index contributed by atoms with van der Waals surface area (Å²) in [5.74, 6) is -0.0481. The van der Waals surface area contributed by atoms with E-state index in [1.54, 1.807) is 6.07 Å². The van der Waals surface area contributed by atoms with Gasteiger partial charge in [0.05, 0.1) is 12.1 Å². The van der Waals surface area contributed by atoms with Crippen molar-refractivity contribution in [3.8, 4) is 5.75 Å². The van der Waals surface area contributed by atoms with Crippen LogP contribution in [0.25, 0.3) is 10.9 Å². The summed E-state index contributed by atoms with van der Waals surface area (Å²) in [6.45, 7) is 2.30. The maximum absolute atomic E-state index is 13.9. The fraction of sp³-hybridized carbons (Fsp3) is 0.400. The predicted octanol–water partition coefficient (Wildman–Crippen LogP) is 3.30. The quantitative estimate of drug-likeness (QED) is 0.919. The van der Waals surface area contributed by atoms with E-state index in [4.69, 9.17) is 4.74 Å². The first kappa shape index (κ1) is 12.2. The van der Waals surface area contributed by atoms with E-state index in [-0.39, 0.29) is 5.82 Å². The molecular weight excluding hydrogens is 243 g/mol. The molecule has 1 aliphatic carbocycles. The van der Waals surface area contributed by atoms with Crippen LogP contribution in [-0.4, -0.2) is 18.6 Å². The molecule has 1 aliphatic rings. The number of nitrogens with one attached hydrogen (secondary N) is 1. The fourth-order valence-corrected chi connectivity index (χ4v) is 2.82. The highest BCUT2D eigenvalue weighted by Gasteiger charge is 2.20. The molecule has 3 nitrogen and oxygen atoms in total. The SMILES string of the molecule is CCOc1cc2c(NC)c3c(nc2cc1F)CCC3. The molecule has 1 N–H and O–H groups in total. The summed E-state index contributed by atoms with van der Waals surface area (Å²) in [5.41, 5.74) is 4.13. The Morgan fingerprint density at radius 3 is 2.95 bits per heavy atom. The number of halogens is 1. The zero-order valence-electron chi connectivity index (χ0n) is 11.2. The lowest BCUT2D eigenvalue weighted by molar-refractivity contribution is 0.322. The standard InChI is InChI=1S/C15H17FN2O/c1-3-19-14-7-10-13(8-11(14)16)18-12-6-4-5-9(12)15(10)17-2/h7-8H,3-6H2,1-2H3,(H,17,18). The highest BCUT2D eigenvalue weighted by Crippen LogP contribution is 2.36.